The van der Waals surface area contributed by atoms with E-state index in [4.69, 9.17) is 9.84 Å². The highest BCUT2D eigenvalue weighted by molar-refractivity contribution is 5.93. The first-order valence-electron chi connectivity index (χ1n) is 7.35. The van der Waals surface area contributed by atoms with E-state index in [1.807, 2.05) is 54.6 Å². The zero-order valence-electron chi connectivity index (χ0n) is 12.7. The number of anilines is 1. The summed E-state index contributed by atoms with van der Waals surface area (Å²) in [5.74, 6) is -0.175. The summed E-state index contributed by atoms with van der Waals surface area (Å²) in [6, 6.07) is 17.2. The standard InChI is InChI=1S/C18H21NO3/c1-14(22-13-16-5-3-2-4-6-16)18(21)19-17-9-7-15(8-10-17)11-12-20/h2-10,14,20H,11-13H2,1H3,(H,19,21). The van der Waals surface area contributed by atoms with Crippen LogP contribution in [-0.2, 0) is 22.6 Å². The molecule has 2 N–H and O–H groups in total. The fourth-order valence-electron chi connectivity index (χ4n) is 2.00. The minimum absolute atomic E-state index is 0.121. The number of hydrogen-bond acceptors (Lipinski definition) is 3. The van der Waals surface area contributed by atoms with Gasteiger partial charge in [0, 0.05) is 12.3 Å². The molecule has 1 unspecified atom stereocenters. The smallest absolute Gasteiger partial charge is 0.253 e. The first-order valence-corrected chi connectivity index (χ1v) is 7.35. The number of nitrogens with one attached hydrogen (secondary N) is 1. The maximum atomic E-state index is 12.1. The second-order valence-corrected chi connectivity index (χ2v) is 5.10. The molecule has 2 aromatic rings. The molecular weight excluding hydrogens is 278 g/mol. The van der Waals surface area contributed by atoms with Gasteiger partial charge >= 0.3 is 0 Å². The molecular formula is C18H21NO3. The molecule has 2 rings (SSSR count). The van der Waals surface area contributed by atoms with Crippen LogP contribution < -0.4 is 5.32 Å². The van der Waals surface area contributed by atoms with Crippen LogP contribution in [0.15, 0.2) is 54.6 Å². The predicted octanol–water partition coefficient (Wildman–Crippen LogP) is 2.77. The molecule has 0 bridgehead atoms. The maximum Gasteiger partial charge on any atom is 0.253 e. The average Bonchev–Trinajstić information content (AvgIpc) is 2.55. The largest absolute Gasteiger partial charge is 0.396 e. The van der Waals surface area contributed by atoms with Gasteiger partial charge in [-0.05, 0) is 36.6 Å². The fraction of sp³-hybridized carbons (Fsp3) is 0.278. The van der Waals surface area contributed by atoms with E-state index in [-0.39, 0.29) is 12.5 Å². The number of carbonyl (C=O) groups is 1. The summed E-state index contributed by atoms with van der Waals surface area (Å²) < 4.78 is 5.58. The summed E-state index contributed by atoms with van der Waals surface area (Å²) in [6.45, 7) is 2.26. The Kier molecular flexibility index (Phi) is 6.13. The van der Waals surface area contributed by atoms with Gasteiger partial charge in [-0.2, -0.15) is 0 Å². The Morgan fingerprint density at radius 1 is 1.09 bits per heavy atom. The van der Waals surface area contributed by atoms with E-state index in [0.717, 1.165) is 16.8 Å². The molecule has 4 heteroatoms. The normalized spacial score (nSPS) is 11.9. The number of rotatable bonds is 7. The van der Waals surface area contributed by atoms with E-state index in [0.29, 0.717) is 13.0 Å². The van der Waals surface area contributed by atoms with Crippen molar-refractivity contribution in [3.63, 3.8) is 0 Å². The molecule has 0 fully saturated rings. The van der Waals surface area contributed by atoms with E-state index in [1.165, 1.54) is 0 Å². The Morgan fingerprint density at radius 3 is 2.41 bits per heavy atom. The van der Waals surface area contributed by atoms with Gasteiger partial charge in [-0.25, -0.2) is 0 Å². The molecule has 0 radical (unpaired) electrons. The van der Waals surface area contributed by atoms with Crippen molar-refractivity contribution in [3.8, 4) is 0 Å². The molecule has 0 spiro atoms. The molecule has 0 aliphatic rings. The van der Waals surface area contributed by atoms with Crippen LogP contribution in [0.2, 0.25) is 0 Å². The highest BCUT2D eigenvalue weighted by Crippen LogP contribution is 2.11. The Morgan fingerprint density at radius 2 is 1.77 bits per heavy atom. The van der Waals surface area contributed by atoms with Crippen molar-refractivity contribution < 1.29 is 14.6 Å². The lowest BCUT2D eigenvalue weighted by molar-refractivity contribution is -0.127. The number of carbonyl (C=O) groups excluding carboxylic acids is 1. The summed E-state index contributed by atoms with van der Waals surface area (Å²) in [5.41, 5.74) is 2.80. The average molecular weight is 299 g/mol. The highest BCUT2D eigenvalue weighted by atomic mass is 16.5. The molecule has 1 amide bonds. The van der Waals surface area contributed by atoms with Gasteiger partial charge in [0.25, 0.3) is 5.91 Å². The zero-order chi connectivity index (χ0) is 15.8. The summed E-state index contributed by atoms with van der Waals surface area (Å²) in [7, 11) is 0. The Hall–Kier alpha value is -2.17. The van der Waals surface area contributed by atoms with Crippen molar-refractivity contribution in [1.29, 1.82) is 0 Å². The number of ether oxygens (including phenoxy) is 1. The first kappa shape index (κ1) is 16.2. The third-order valence-corrected chi connectivity index (χ3v) is 3.33. The van der Waals surface area contributed by atoms with Gasteiger partial charge < -0.3 is 15.2 Å². The van der Waals surface area contributed by atoms with Crippen LogP contribution in [0.3, 0.4) is 0 Å². The van der Waals surface area contributed by atoms with Gasteiger partial charge in [-0.15, -0.1) is 0 Å². The zero-order valence-corrected chi connectivity index (χ0v) is 12.7. The maximum absolute atomic E-state index is 12.1. The third-order valence-electron chi connectivity index (χ3n) is 3.33. The lowest BCUT2D eigenvalue weighted by atomic mass is 10.1. The minimum atomic E-state index is -0.530. The van der Waals surface area contributed by atoms with Crippen LogP contribution in [-0.4, -0.2) is 23.7 Å². The second-order valence-electron chi connectivity index (χ2n) is 5.10. The Bertz CT molecular complexity index is 581. The predicted molar refractivity (Wildman–Crippen MR) is 86.6 cm³/mol. The fourth-order valence-corrected chi connectivity index (χ4v) is 2.00. The summed E-state index contributed by atoms with van der Waals surface area (Å²) >= 11 is 0. The summed E-state index contributed by atoms with van der Waals surface area (Å²) in [5, 5.41) is 11.7. The van der Waals surface area contributed by atoms with Crippen LogP contribution in [0, 0.1) is 0 Å². The molecule has 0 saturated heterocycles. The van der Waals surface area contributed by atoms with Gasteiger partial charge in [0.2, 0.25) is 0 Å². The number of aliphatic hydroxyl groups is 1. The Balaban J connectivity index is 1.83. The van der Waals surface area contributed by atoms with Crippen LogP contribution in [0.5, 0.6) is 0 Å². The molecule has 116 valence electrons. The Labute approximate surface area is 130 Å². The van der Waals surface area contributed by atoms with Crippen LogP contribution in [0.25, 0.3) is 0 Å². The van der Waals surface area contributed by atoms with Gasteiger partial charge in [0.1, 0.15) is 6.10 Å². The SMILES string of the molecule is CC(OCc1ccccc1)C(=O)Nc1ccc(CCO)cc1. The van der Waals surface area contributed by atoms with E-state index in [2.05, 4.69) is 5.32 Å². The van der Waals surface area contributed by atoms with Gasteiger partial charge in [0.15, 0.2) is 0 Å². The summed E-state index contributed by atoms with van der Waals surface area (Å²) in [6.07, 6.45) is 0.0856. The van der Waals surface area contributed by atoms with Crippen molar-refractivity contribution in [2.24, 2.45) is 0 Å². The van der Waals surface area contributed by atoms with Crippen molar-refractivity contribution in [2.45, 2.75) is 26.1 Å². The van der Waals surface area contributed by atoms with Gasteiger partial charge in [-0.1, -0.05) is 42.5 Å². The van der Waals surface area contributed by atoms with E-state index in [1.54, 1.807) is 6.92 Å². The number of aliphatic hydroxyl groups excluding tert-OH is 1. The monoisotopic (exact) mass is 299 g/mol. The summed E-state index contributed by atoms with van der Waals surface area (Å²) in [4.78, 5) is 12.1. The quantitative estimate of drug-likeness (QED) is 0.826. The molecule has 0 aliphatic heterocycles. The number of amides is 1. The van der Waals surface area contributed by atoms with Gasteiger partial charge in [-0.3, -0.25) is 4.79 Å². The van der Waals surface area contributed by atoms with E-state index >= 15 is 0 Å². The molecule has 0 aromatic heterocycles. The number of benzene rings is 2. The van der Waals surface area contributed by atoms with Gasteiger partial charge in [0.05, 0.1) is 6.61 Å². The lowest BCUT2D eigenvalue weighted by Gasteiger charge is -2.13. The van der Waals surface area contributed by atoms with Crippen molar-refractivity contribution in [3.05, 3.63) is 65.7 Å². The van der Waals surface area contributed by atoms with Crippen LogP contribution in [0.1, 0.15) is 18.1 Å². The van der Waals surface area contributed by atoms with Crippen LogP contribution >= 0.6 is 0 Å². The second kappa shape index (κ2) is 8.32. The topological polar surface area (TPSA) is 58.6 Å². The van der Waals surface area contributed by atoms with Crippen molar-refractivity contribution in [1.82, 2.24) is 0 Å². The van der Waals surface area contributed by atoms with Crippen molar-refractivity contribution in [2.75, 3.05) is 11.9 Å². The van der Waals surface area contributed by atoms with E-state index < -0.39 is 6.10 Å². The molecule has 22 heavy (non-hydrogen) atoms. The third kappa shape index (κ3) is 4.98. The van der Waals surface area contributed by atoms with E-state index in [9.17, 15) is 4.79 Å². The molecule has 0 saturated carbocycles. The minimum Gasteiger partial charge on any atom is -0.396 e. The van der Waals surface area contributed by atoms with Crippen LogP contribution in [0.4, 0.5) is 5.69 Å². The molecule has 2 aromatic carbocycles. The molecule has 4 nitrogen and oxygen atoms in total. The highest BCUT2D eigenvalue weighted by Gasteiger charge is 2.13. The first-order chi connectivity index (χ1) is 10.7. The number of hydrogen-bond donors (Lipinski definition) is 2. The lowest BCUT2D eigenvalue weighted by Crippen LogP contribution is -2.27. The molecule has 0 heterocycles. The van der Waals surface area contributed by atoms with Crippen molar-refractivity contribution >= 4 is 11.6 Å². The molecule has 1 atom stereocenters. The molecule has 0 aliphatic carbocycles.